The third kappa shape index (κ3) is 5.21. The lowest BCUT2D eigenvalue weighted by Crippen LogP contribution is -2.29. The molecule has 21 heavy (non-hydrogen) atoms. The van der Waals surface area contributed by atoms with Gasteiger partial charge in [-0.15, -0.1) is 0 Å². The van der Waals surface area contributed by atoms with Gasteiger partial charge < -0.3 is 9.47 Å². The molecule has 0 aliphatic carbocycles. The van der Waals surface area contributed by atoms with E-state index < -0.39 is 0 Å². The van der Waals surface area contributed by atoms with Crippen LogP contribution in [-0.2, 0) is 0 Å². The fourth-order valence-electron chi connectivity index (χ4n) is 2.68. The third-order valence-corrected chi connectivity index (χ3v) is 4.12. The average molecular weight is 294 g/mol. The zero-order chi connectivity index (χ0) is 15.7. The molecule has 0 amide bonds. The summed E-state index contributed by atoms with van der Waals surface area (Å²) in [6, 6.07) is 6.14. The summed E-state index contributed by atoms with van der Waals surface area (Å²) < 4.78 is 10.7. The SMILES string of the molecule is CCCCC(CC)CC(NN)c1ccc(OC)c(OC)c1. The lowest BCUT2D eigenvalue weighted by Gasteiger charge is -2.23. The van der Waals surface area contributed by atoms with E-state index in [2.05, 4.69) is 25.3 Å². The summed E-state index contributed by atoms with van der Waals surface area (Å²) in [5.74, 6) is 7.96. The van der Waals surface area contributed by atoms with Crippen LogP contribution in [0.2, 0.25) is 0 Å². The smallest absolute Gasteiger partial charge is 0.161 e. The Morgan fingerprint density at radius 1 is 1.14 bits per heavy atom. The summed E-state index contributed by atoms with van der Waals surface area (Å²) in [5.41, 5.74) is 4.10. The van der Waals surface area contributed by atoms with E-state index in [-0.39, 0.29) is 6.04 Å². The molecule has 0 radical (unpaired) electrons. The molecule has 120 valence electrons. The number of hydrogen-bond acceptors (Lipinski definition) is 4. The van der Waals surface area contributed by atoms with Crippen LogP contribution in [-0.4, -0.2) is 14.2 Å². The highest BCUT2D eigenvalue weighted by Gasteiger charge is 2.17. The minimum Gasteiger partial charge on any atom is -0.493 e. The zero-order valence-corrected chi connectivity index (χ0v) is 13.8. The van der Waals surface area contributed by atoms with E-state index in [0.29, 0.717) is 5.92 Å². The fraction of sp³-hybridized carbons (Fsp3) is 0.647. The molecule has 0 fully saturated rings. The first-order chi connectivity index (χ1) is 10.2. The number of rotatable bonds is 10. The van der Waals surface area contributed by atoms with Crippen molar-refractivity contribution in [1.82, 2.24) is 5.43 Å². The standard InChI is InChI=1S/C17H30N2O2/c1-5-7-8-13(6-2)11-15(19-18)14-9-10-16(20-3)17(12-14)21-4/h9-10,12-13,15,19H,5-8,11,18H2,1-4H3. The molecule has 1 rings (SSSR count). The Balaban J connectivity index is 2.83. The van der Waals surface area contributed by atoms with Gasteiger partial charge >= 0.3 is 0 Å². The van der Waals surface area contributed by atoms with Crippen molar-refractivity contribution in [3.8, 4) is 11.5 Å². The lowest BCUT2D eigenvalue weighted by atomic mass is 9.89. The highest BCUT2D eigenvalue weighted by molar-refractivity contribution is 5.43. The highest BCUT2D eigenvalue weighted by atomic mass is 16.5. The van der Waals surface area contributed by atoms with E-state index in [0.717, 1.165) is 23.5 Å². The predicted octanol–water partition coefficient (Wildman–Crippen LogP) is 3.81. The largest absolute Gasteiger partial charge is 0.493 e. The Hall–Kier alpha value is -1.26. The van der Waals surface area contributed by atoms with Gasteiger partial charge in [-0.05, 0) is 30.0 Å². The number of benzene rings is 1. The van der Waals surface area contributed by atoms with Gasteiger partial charge in [0, 0.05) is 6.04 Å². The van der Waals surface area contributed by atoms with Crippen LogP contribution in [0, 0.1) is 5.92 Å². The molecule has 0 heterocycles. The molecular formula is C17H30N2O2. The first-order valence-electron chi connectivity index (χ1n) is 7.88. The number of unbranched alkanes of at least 4 members (excludes halogenated alkanes) is 1. The molecule has 2 atom stereocenters. The van der Waals surface area contributed by atoms with E-state index >= 15 is 0 Å². The molecule has 1 aromatic rings. The van der Waals surface area contributed by atoms with Gasteiger partial charge in [0.2, 0.25) is 0 Å². The summed E-state index contributed by atoms with van der Waals surface area (Å²) in [7, 11) is 3.30. The predicted molar refractivity (Wildman–Crippen MR) is 87.5 cm³/mol. The molecule has 3 N–H and O–H groups in total. The van der Waals surface area contributed by atoms with Gasteiger partial charge in [0.25, 0.3) is 0 Å². The van der Waals surface area contributed by atoms with Crippen LogP contribution >= 0.6 is 0 Å². The summed E-state index contributed by atoms with van der Waals surface area (Å²) in [6.07, 6.45) is 6.02. The van der Waals surface area contributed by atoms with Crippen molar-refractivity contribution < 1.29 is 9.47 Å². The molecule has 0 aromatic heterocycles. The van der Waals surface area contributed by atoms with Crippen LogP contribution in [0.4, 0.5) is 0 Å². The van der Waals surface area contributed by atoms with Crippen LogP contribution in [0.15, 0.2) is 18.2 Å². The van der Waals surface area contributed by atoms with Crippen molar-refractivity contribution in [1.29, 1.82) is 0 Å². The molecule has 0 saturated carbocycles. The molecule has 0 aliphatic heterocycles. The van der Waals surface area contributed by atoms with Crippen LogP contribution in [0.5, 0.6) is 11.5 Å². The zero-order valence-electron chi connectivity index (χ0n) is 13.8. The Labute approximate surface area is 129 Å². The maximum absolute atomic E-state index is 5.78. The van der Waals surface area contributed by atoms with Crippen LogP contribution in [0.3, 0.4) is 0 Å². The number of nitrogens with one attached hydrogen (secondary N) is 1. The van der Waals surface area contributed by atoms with Gasteiger partial charge in [-0.3, -0.25) is 11.3 Å². The topological polar surface area (TPSA) is 56.5 Å². The van der Waals surface area contributed by atoms with Gasteiger partial charge in [-0.1, -0.05) is 45.6 Å². The van der Waals surface area contributed by atoms with Crippen molar-refractivity contribution >= 4 is 0 Å². The van der Waals surface area contributed by atoms with E-state index in [9.17, 15) is 0 Å². The van der Waals surface area contributed by atoms with Crippen molar-refractivity contribution in [2.75, 3.05) is 14.2 Å². The van der Waals surface area contributed by atoms with E-state index in [1.807, 2.05) is 12.1 Å². The van der Waals surface area contributed by atoms with Gasteiger partial charge in [-0.25, -0.2) is 0 Å². The van der Waals surface area contributed by atoms with Gasteiger partial charge in [0.1, 0.15) is 0 Å². The van der Waals surface area contributed by atoms with Crippen molar-refractivity contribution in [2.45, 2.75) is 52.0 Å². The molecule has 1 aromatic carbocycles. The van der Waals surface area contributed by atoms with Crippen LogP contribution < -0.4 is 20.7 Å². The maximum Gasteiger partial charge on any atom is 0.161 e. The molecule has 0 aliphatic rings. The average Bonchev–Trinajstić information content (AvgIpc) is 2.54. The second-order valence-electron chi connectivity index (χ2n) is 5.49. The molecule has 0 saturated heterocycles. The number of methoxy groups -OCH3 is 2. The Morgan fingerprint density at radius 3 is 2.38 bits per heavy atom. The second-order valence-corrected chi connectivity index (χ2v) is 5.49. The molecule has 2 unspecified atom stereocenters. The van der Waals surface area contributed by atoms with Gasteiger partial charge in [0.15, 0.2) is 11.5 Å². The first-order valence-corrected chi connectivity index (χ1v) is 7.88. The van der Waals surface area contributed by atoms with Crippen molar-refractivity contribution in [3.05, 3.63) is 23.8 Å². The van der Waals surface area contributed by atoms with Gasteiger partial charge in [0.05, 0.1) is 14.2 Å². The maximum atomic E-state index is 5.78. The highest BCUT2D eigenvalue weighted by Crippen LogP contribution is 2.33. The molecule has 0 bridgehead atoms. The summed E-state index contributed by atoms with van der Waals surface area (Å²) >= 11 is 0. The van der Waals surface area contributed by atoms with Crippen LogP contribution in [0.25, 0.3) is 0 Å². The van der Waals surface area contributed by atoms with E-state index in [4.69, 9.17) is 15.3 Å². The normalized spacial score (nSPS) is 13.8. The number of ether oxygens (including phenoxy) is 2. The van der Waals surface area contributed by atoms with E-state index in [1.165, 1.54) is 25.7 Å². The Bertz CT molecular complexity index is 410. The summed E-state index contributed by atoms with van der Waals surface area (Å²) in [6.45, 7) is 4.49. The minimum atomic E-state index is 0.145. The number of nitrogens with two attached hydrogens (primary N) is 1. The monoisotopic (exact) mass is 294 g/mol. The lowest BCUT2D eigenvalue weighted by molar-refractivity contribution is 0.345. The minimum absolute atomic E-state index is 0.145. The fourth-order valence-corrected chi connectivity index (χ4v) is 2.68. The van der Waals surface area contributed by atoms with Crippen LogP contribution in [0.1, 0.15) is 57.6 Å². The Morgan fingerprint density at radius 2 is 1.86 bits per heavy atom. The van der Waals surface area contributed by atoms with Gasteiger partial charge in [-0.2, -0.15) is 0 Å². The third-order valence-electron chi connectivity index (χ3n) is 4.12. The molecule has 4 nitrogen and oxygen atoms in total. The summed E-state index contributed by atoms with van der Waals surface area (Å²) in [4.78, 5) is 0. The van der Waals surface area contributed by atoms with Crippen molar-refractivity contribution in [3.63, 3.8) is 0 Å². The quantitative estimate of drug-likeness (QED) is 0.509. The second kappa shape index (κ2) is 9.64. The van der Waals surface area contributed by atoms with Crippen molar-refractivity contribution in [2.24, 2.45) is 11.8 Å². The number of hydrogen-bond donors (Lipinski definition) is 2. The molecule has 0 spiro atoms. The van der Waals surface area contributed by atoms with E-state index in [1.54, 1.807) is 14.2 Å². The summed E-state index contributed by atoms with van der Waals surface area (Å²) in [5, 5.41) is 0. The Kier molecular flexibility index (Phi) is 8.16. The molecular weight excluding hydrogens is 264 g/mol. The first kappa shape index (κ1) is 17.8. The molecule has 4 heteroatoms. The number of hydrazine groups is 1.